The van der Waals surface area contributed by atoms with Gasteiger partial charge in [0.15, 0.2) is 0 Å². The van der Waals surface area contributed by atoms with Gasteiger partial charge in [0.05, 0.1) is 9.79 Å². The molecule has 3 N–H and O–H groups in total. The van der Waals surface area contributed by atoms with Crippen LogP contribution >= 0.6 is 0 Å². The van der Waals surface area contributed by atoms with E-state index in [1.165, 1.54) is 24.3 Å². The molecule has 0 saturated heterocycles. The lowest BCUT2D eigenvalue weighted by Gasteiger charge is -2.04. The van der Waals surface area contributed by atoms with Crippen LogP contribution in [0.15, 0.2) is 52.3 Å². The summed E-state index contributed by atoms with van der Waals surface area (Å²) < 4.78 is 62.9. The van der Waals surface area contributed by atoms with Gasteiger partial charge < -0.3 is 5.11 Å². The molecule has 2 aromatic rings. The number of phenolic OH excluding ortho intramolecular Hbond substituents is 1. The number of phenols is 1. The van der Waals surface area contributed by atoms with Crippen molar-refractivity contribution >= 4 is 32.4 Å². The molecule has 0 saturated carbocycles. The van der Waals surface area contributed by atoms with E-state index >= 15 is 0 Å². The van der Waals surface area contributed by atoms with Gasteiger partial charge in [-0.15, -0.1) is 0 Å². The Morgan fingerprint density at radius 2 is 1.13 bits per heavy atom. The maximum Gasteiger partial charge on any atom is 0.294 e. The molecule has 23 heavy (non-hydrogen) atoms. The largest absolute Gasteiger partial charge is 0.508 e. The molecule has 0 radical (unpaired) electrons. The van der Waals surface area contributed by atoms with Crippen LogP contribution in [0.1, 0.15) is 11.1 Å². The second kappa shape index (κ2) is 6.13. The molecule has 0 amide bonds. The molecule has 0 aliphatic heterocycles. The Labute approximate surface area is 133 Å². The van der Waals surface area contributed by atoms with Gasteiger partial charge in [0.25, 0.3) is 20.2 Å². The van der Waals surface area contributed by atoms with E-state index in [2.05, 4.69) is 0 Å². The molecular formula is C14H12O7S2. The summed E-state index contributed by atoms with van der Waals surface area (Å²) in [5.41, 5.74) is 0.800. The van der Waals surface area contributed by atoms with Crippen molar-refractivity contribution < 1.29 is 31.0 Å². The molecule has 0 bridgehead atoms. The lowest BCUT2D eigenvalue weighted by Crippen LogP contribution is -2.04. The third-order valence-corrected chi connectivity index (χ3v) is 4.52. The highest BCUT2D eigenvalue weighted by Crippen LogP contribution is 2.21. The lowest BCUT2D eigenvalue weighted by atomic mass is 10.1. The van der Waals surface area contributed by atoms with E-state index in [0.29, 0.717) is 11.6 Å². The van der Waals surface area contributed by atoms with Crippen LogP contribution in [-0.2, 0) is 20.2 Å². The molecule has 122 valence electrons. The summed E-state index contributed by atoms with van der Waals surface area (Å²) in [7, 11) is -9.28. The zero-order valence-electron chi connectivity index (χ0n) is 11.5. The highest BCUT2D eigenvalue weighted by molar-refractivity contribution is 7.86. The summed E-state index contributed by atoms with van der Waals surface area (Å²) in [4.78, 5) is -1.31. The van der Waals surface area contributed by atoms with Gasteiger partial charge in [-0.1, -0.05) is 24.3 Å². The van der Waals surface area contributed by atoms with Crippen molar-refractivity contribution in [1.82, 2.24) is 0 Å². The fourth-order valence-electron chi connectivity index (χ4n) is 1.77. The minimum atomic E-state index is -4.64. The van der Waals surface area contributed by atoms with Gasteiger partial charge in [0.1, 0.15) is 5.75 Å². The maximum absolute atomic E-state index is 11.2. The Morgan fingerprint density at radius 3 is 1.57 bits per heavy atom. The van der Waals surface area contributed by atoms with Crippen LogP contribution < -0.4 is 0 Å². The number of aromatic hydroxyl groups is 1. The van der Waals surface area contributed by atoms with Crippen molar-refractivity contribution in [3.05, 3.63) is 53.6 Å². The normalized spacial score (nSPS) is 12.6. The van der Waals surface area contributed by atoms with Gasteiger partial charge >= 0.3 is 0 Å². The SMILES string of the molecule is O=S(=O)(O)c1cc(C=Cc2ccc(O)cc2)cc(S(=O)(=O)O)c1. The second-order valence-electron chi connectivity index (χ2n) is 4.61. The number of benzene rings is 2. The number of rotatable bonds is 4. The summed E-state index contributed by atoms with van der Waals surface area (Å²) in [6.45, 7) is 0. The topological polar surface area (TPSA) is 129 Å². The van der Waals surface area contributed by atoms with E-state index in [1.54, 1.807) is 12.1 Å². The van der Waals surface area contributed by atoms with Crippen molar-refractivity contribution in [3.8, 4) is 5.75 Å². The molecular weight excluding hydrogens is 344 g/mol. The molecule has 0 atom stereocenters. The summed E-state index contributed by atoms with van der Waals surface area (Å²) in [6.07, 6.45) is 2.94. The van der Waals surface area contributed by atoms with Gasteiger partial charge in [-0.3, -0.25) is 9.11 Å². The maximum atomic E-state index is 11.2. The van der Waals surface area contributed by atoms with Crippen molar-refractivity contribution in [2.45, 2.75) is 9.79 Å². The summed E-state index contributed by atoms with van der Waals surface area (Å²) in [5.74, 6) is 0.0733. The smallest absolute Gasteiger partial charge is 0.294 e. The molecule has 0 fully saturated rings. The van der Waals surface area contributed by atoms with E-state index in [9.17, 15) is 21.9 Å². The molecule has 2 aromatic carbocycles. The quantitative estimate of drug-likeness (QED) is 0.565. The fraction of sp³-hybridized carbons (Fsp3) is 0. The van der Waals surface area contributed by atoms with Crippen LogP contribution in [0, 0.1) is 0 Å². The fourth-order valence-corrected chi connectivity index (χ4v) is 2.96. The third kappa shape index (κ3) is 4.63. The van der Waals surface area contributed by atoms with Crippen LogP contribution in [0.2, 0.25) is 0 Å². The van der Waals surface area contributed by atoms with Crippen molar-refractivity contribution in [1.29, 1.82) is 0 Å². The molecule has 7 nitrogen and oxygen atoms in total. The zero-order valence-corrected chi connectivity index (χ0v) is 13.1. The standard InChI is InChI=1S/C14H12O7S2/c15-12-5-3-10(4-6-12)1-2-11-7-13(22(16,17)18)9-14(8-11)23(19,20)21/h1-9,15H,(H,16,17,18)(H,19,20,21). The van der Waals surface area contributed by atoms with Gasteiger partial charge in [-0.2, -0.15) is 16.8 Å². The molecule has 0 aromatic heterocycles. The van der Waals surface area contributed by atoms with Gasteiger partial charge in [0.2, 0.25) is 0 Å². The predicted molar refractivity (Wildman–Crippen MR) is 83.1 cm³/mol. The van der Waals surface area contributed by atoms with Gasteiger partial charge in [-0.05, 0) is 41.5 Å². The minimum absolute atomic E-state index is 0.0733. The van der Waals surface area contributed by atoms with E-state index in [1.807, 2.05) is 0 Å². The predicted octanol–water partition coefficient (Wildman–Crippen LogP) is 2.06. The Balaban J connectivity index is 2.51. The molecule has 2 rings (SSSR count). The van der Waals surface area contributed by atoms with Crippen molar-refractivity contribution in [2.75, 3.05) is 0 Å². The van der Waals surface area contributed by atoms with Crippen LogP contribution in [0.3, 0.4) is 0 Å². The number of hydrogen-bond donors (Lipinski definition) is 3. The van der Waals surface area contributed by atoms with Gasteiger partial charge in [0, 0.05) is 0 Å². The van der Waals surface area contributed by atoms with Gasteiger partial charge in [-0.25, -0.2) is 0 Å². The van der Waals surface area contributed by atoms with E-state index < -0.39 is 30.0 Å². The van der Waals surface area contributed by atoms with Crippen molar-refractivity contribution in [2.24, 2.45) is 0 Å². The minimum Gasteiger partial charge on any atom is -0.508 e. The monoisotopic (exact) mass is 356 g/mol. The lowest BCUT2D eigenvalue weighted by molar-refractivity contribution is 0.475. The summed E-state index contributed by atoms with van der Waals surface area (Å²) >= 11 is 0. The first-order chi connectivity index (χ1) is 10.6. The Hall–Kier alpha value is -2.20. The van der Waals surface area contributed by atoms with Crippen LogP contribution in [0.25, 0.3) is 12.2 Å². The average Bonchev–Trinajstić information content (AvgIpc) is 2.44. The van der Waals surface area contributed by atoms with E-state index in [4.69, 9.17) is 9.11 Å². The molecule has 0 unspecified atom stereocenters. The number of hydrogen-bond acceptors (Lipinski definition) is 5. The summed E-state index contributed by atoms with van der Waals surface area (Å²) in [5, 5.41) is 9.18. The Bertz CT molecular complexity index is 906. The van der Waals surface area contributed by atoms with E-state index in [0.717, 1.165) is 12.1 Å². The average molecular weight is 356 g/mol. The third-order valence-electron chi connectivity index (χ3n) is 2.86. The first kappa shape index (κ1) is 17.2. The van der Waals surface area contributed by atoms with Crippen LogP contribution in [-0.4, -0.2) is 31.0 Å². The van der Waals surface area contributed by atoms with Crippen LogP contribution in [0.4, 0.5) is 0 Å². The molecule has 0 heterocycles. The second-order valence-corrected chi connectivity index (χ2v) is 7.46. The highest BCUT2D eigenvalue weighted by Gasteiger charge is 2.17. The first-order valence-electron chi connectivity index (χ1n) is 6.13. The van der Waals surface area contributed by atoms with Crippen LogP contribution in [0.5, 0.6) is 5.75 Å². The molecule has 0 spiro atoms. The molecule has 9 heteroatoms. The Morgan fingerprint density at radius 1 is 0.696 bits per heavy atom. The summed E-state index contributed by atoms with van der Waals surface area (Å²) in [6, 6.07) is 8.82. The van der Waals surface area contributed by atoms with Crippen molar-refractivity contribution in [3.63, 3.8) is 0 Å². The first-order valence-corrected chi connectivity index (χ1v) is 9.01. The molecule has 0 aliphatic rings. The highest BCUT2D eigenvalue weighted by atomic mass is 32.2. The Kier molecular flexibility index (Phi) is 4.57. The molecule has 0 aliphatic carbocycles. The van der Waals surface area contributed by atoms with E-state index in [-0.39, 0.29) is 11.3 Å². The zero-order chi connectivity index (χ0) is 17.3.